The molecule has 2 amide bonds. The third kappa shape index (κ3) is 5.35. The Bertz CT molecular complexity index is 1040. The zero-order chi connectivity index (χ0) is 21.9. The summed E-state index contributed by atoms with van der Waals surface area (Å²) in [4.78, 5) is 25.0. The molecule has 0 aliphatic carbocycles. The summed E-state index contributed by atoms with van der Waals surface area (Å²) in [7, 11) is 0. The Morgan fingerprint density at radius 2 is 1.07 bits per heavy atom. The number of carbonyl (C=O) groups excluding carboxylic acids is 2. The van der Waals surface area contributed by atoms with Gasteiger partial charge in [0.25, 0.3) is 11.8 Å². The molecule has 0 aromatic heterocycles. The van der Waals surface area contributed by atoms with Crippen molar-refractivity contribution in [3.05, 3.63) is 94.5 Å². The zero-order valence-electron chi connectivity index (χ0n) is 18.2. The highest BCUT2D eigenvalue weighted by atomic mass is 16.2. The van der Waals surface area contributed by atoms with E-state index in [1.54, 1.807) is 24.3 Å². The highest BCUT2D eigenvalue weighted by Crippen LogP contribution is 2.23. The van der Waals surface area contributed by atoms with Crippen LogP contribution in [0.5, 0.6) is 0 Å². The number of hydrogen-bond donors (Lipinski definition) is 2. The van der Waals surface area contributed by atoms with Crippen LogP contribution in [0.3, 0.4) is 0 Å². The standard InChI is InChI=1S/C26H28N2O2/c1-17-14-18(2)16-20(15-17)25(30)28-23-12-10-22(11-13-23)27-24(29)19-6-8-21(9-7-19)26(3,4)5/h6-16H,1-5H3,(H,27,29)(H,28,30). The van der Waals surface area contributed by atoms with Crippen molar-refractivity contribution in [2.45, 2.75) is 40.0 Å². The summed E-state index contributed by atoms with van der Waals surface area (Å²) in [5.41, 5.74) is 5.91. The topological polar surface area (TPSA) is 58.2 Å². The molecule has 0 bridgehead atoms. The molecule has 0 saturated carbocycles. The highest BCUT2D eigenvalue weighted by molar-refractivity contribution is 6.05. The Hall–Kier alpha value is -3.40. The number of anilines is 2. The summed E-state index contributed by atoms with van der Waals surface area (Å²) in [6.45, 7) is 10.4. The lowest BCUT2D eigenvalue weighted by Crippen LogP contribution is -2.14. The molecule has 3 aromatic rings. The van der Waals surface area contributed by atoms with Crippen LogP contribution in [-0.4, -0.2) is 11.8 Å². The molecule has 4 heteroatoms. The Morgan fingerprint density at radius 1 is 0.633 bits per heavy atom. The van der Waals surface area contributed by atoms with Crippen LogP contribution in [0.2, 0.25) is 0 Å². The van der Waals surface area contributed by atoms with Crippen LogP contribution < -0.4 is 10.6 Å². The minimum absolute atomic E-state index is 0.0480. The Kier molecular flexibility index (Phi) is 6.06. The molecule has 0 radical (unpaired) electrons. The van der Waals surface area contributed by atoms with Gasteiger partial charge in [0.05, 0.1) is 0 Å². The van der Waals surface area contributed by atoms with Gasteiger partial charge in [0.15, 0.2) is 0 Å². The molecule has 0 spiro atoms. The summed E-state index contributed by atoms with van der Waals surface area (Å²) in [6.07, 6.45) is 0. The lowest BCUT2D eigenvalue weighted by Gasteiger charge is -2.19. The quantitative estimate of drug-likeness (QED) is 0.555. The second-order valence-electron chi connectivity index (χ2n) is 8.69. The van der Waals surface area contributed by atoms with Gasteiger partial charge in [0, 0.05) is 22.5 Å². The molecule has 3 aromatic carbocycles. The van der Waals surface area contributed by atoms with Crippen molar-refractivity contribution >= 4 is 23.2 Å². The van der Waals surface area contributed by atoms with Gasteiger partial charge in [0.1, 0.15) is 0 Å². The molecule has 3 rings (SSSR count). The first kappa shape index (κ1) is 21.3. The second-order valence-corrected chi connectivity index (χ2v) is 8.69. The fourth-order valence-corrected chi connectivity index (χ4v) is 3.27. The summed E-state index contributed by atoms with van der Waals surface area (Å²) < 4.78 is 0. The van der Waals surface area contributed by atoms with E-state index >= 15 is 0 Å². The molecule has 0 heterocycles. The monoisotopic (exact) mass is 400 g/mol. The first-order valence-electron chi connectivity index (χ1n) is 10.0. The molecule has 4 nitrogen and oxygen atoms in total. The van der Waals surface area contributed by atoms with Crippen molar-refractivity contribution in [2.24, 2.45) is 0 Å². The van der Waals surface area contributed by atoms with Crippen molar-refractivity contribution in [1.29, 1.82) is 0 Å². The SMILES string of the molecule is Cc1cc(C)cc(C(=O)Nc2ccc(NC(=O)c3ccc(C(C)(C)C)cc3)cc2)c1. The summed E-state index contributed by atoms with van der Waals surface area (Å²) in [6, 6.07) is 20.5. The maximum Gasteiger partial charge on any atom is 0.255 e. The van der Waals surface area contributed by atoms with Gasteiger partial charge < -0.3 is 10.6 Å². The molecule has 0 unspecified atom stereocenters. The summed E-state index contributed by atoms with van der Waals surface area (Å²) in [5, 5.41) is 5.79. The van der Waals surface area contributed by atoms with Crippen LogP contribution in [0.15, 0.2) is 66.7 Å². The summed E-state index contributed by atoms with van der Waals surface area (Å²) in [5.74, 6) is -0.319. The molecule has 0 fully saturated rings. The fraction of sp³-hybridized carbons (Fsp3) is 0.231. The maximum absolute atomic E-state index is 12.5. The third-order valence-electron chi connectivity index (χ3n) is 4.90. The normalized spacial score (nSPS) is 11.1. The molecular formula is C26H28N2O2. The molecule has 30 heavy (non-hydrogen) atoms. The number of amides is 2. The van der Waals surface area contributed by atoms with Gasteiger partial charge in [-0.1, -0.05) is 50.1 Å². The molecule has 2 N–H and O–H groups in total. The molecule has 0 saturated heterocycles. The molecule has 0 aliphatic rings. The number of hydrogen-bond acceptors (Lipinski definition) is 2. The van der Waals surface area contributed by atoms with Gasteiger partial charge in [-0.25, -0.2) is 0 Å². The van der Waals surface area contributed by atoms with Gasteiger partial charge in [-0.05, 0) is 73.4 Å². The average molecular weight is 401 g/mol. The zero-order valence-corrected chi connectivity index (χ0v) is 18.2. The third-order valence-corrected chi connectivity index (χ3v) is 4.90. The first-order chi connectivity index (χ1) is 14.1. The van der Waals surface area contributed by atoms with Crippen molar-refractivity contribution < 1.29 is 9.59 Å². The Balaban J connectivity index is 1.64. The van der Waals surface area contributed by atoms with Gasteiger partial charge in [-0.3, -0.25) is 9.59 Å². The lowest BCUT2D eigenvalue weighted by atomic mass is 9.87. The van der Waals surface area contributed by atoms with E-state index in [1.165, 1.54) is 5.56 Å². The van der Waals surface area contributed by atoms with E-state index in [0.29, 0.717) is 22.5 Å². The Morgan fingerprint density at radius 3 is 1.50 bits per heavy atom. The first-order valence-corrected chi connectivity index (χ1v) is 10.0. The lowest BCUT2D eigenvalue weighted by molar-refractivity contribution is 0.101. The average Bonchev–Trinajstić information content (AvgIpc) is 2.68. The number of carbonyl (C=O) groups is 2. The van der Waals surface area contributed by atoms with Gasteiger partial charge in [0.2, 0.25) is 0 Å². The van der Waals surface area contributed by atoms with E-state index in [1.807, 2.05) is 56.3 Å². The second kappa shape index (κ2) is 8.54. The van der Waals surface area contributed by atoms with Crippen LogP contribution in [0, 0.1) is 13.8 Å². The van der Waals surface area contributed by atoms with Crippen molar-refractivity contribution in [3.8, 4) is 0 Å². The number of benzene rings is 3. The largest absolute Gasteiger partial charge is 0.322 e. The minimum atomic E-state index is -0.164. The van der Waals surface area contributed by atoms with Crippen molar-refractivity contribution in [1.82, 2.24) is 0 Å². The van der Waals surface area contributed by atoms with E-state index in [2.05, 4.69) is 31.4 Å². The molecule has 0 atom stereocenters. The van der Waals surface area contributed by atoms with E-state index < -0.39 is 0 Å². The van der Waals surface area contributed by atoms with E-state index in [4.69, 9.17) is 0 Å². The van der Waals surface area contributed by atoms with Crippen molar-refractivity contribution in [2.75, 3.05) is 10.6 Å². The van der Waals surface area contributed by atoms with E-state index in [0.717, 1.165) is 11.1 Å². The van der Waals surface area contributed by atoms with Crippen LogP contribution in [-0.2, 0) is 5.41 Å². The fourth-order valence-electron chi connectivity index (χ4n) is 3.27. The van der Waals surface area contributed by atoms with Crippen LogP contribution in [0.4, 0.5) is 11.4 Å². The predicted octanol–water partition coefficient (Wildman–Crippen LogP) is 6.11. The summed E-state index contributed by atoms with van der Waals surface area (Å²) >= 11 is 0. The van der Waals surface area contributed by atoms with Crippen molar-refractivity contribution in [3.63, 3.8) is 0 Å². The Labute approximate surface area is 178 Å². The van der Waals surface area contributed by atoms with Gasteiger partial charge in [-0.15, -0.1) is 0 Å². The smallest absolute Gasteiger partial charge is 0.255 e. The van der Waals surface area contributed by atoms with Crippen LogP contribution in [0.25, 0.3) is 0 Å². The maximum atomic E-state index is 12.5. The van der Waals surface area contributed by atoms with E-state index in [9.17, 15) is 9.59 Å². The van der Waals surface area contributed by atoms with Gasteiger partial charge >= 0.3 is 0 Å². The van der Waals surface area contributed by atoms with Crippen LogP contribution in [0.1, 0.15) is 58.2 Å². The highest BCUT2D eigenvalue weighted by Gasteiger charge is 2.14. The molecular weight excluding hydrogens is 372 g/mol. The van der Waals surface area contributed by atoms with Crippen LogP contribution >= 0.6 is 0 Å². The number of aryl methyl sites for hydroxylation is 2. The molecule has 154 valence electrons. The number of nitrogens with one attached hydrogen (secondary N) is 2. The predicted molar refractivity (Wildman–Crippen MR) is 123 cm³/mol. The number of rotatable bonds is 4. The minimum Gasteiger partial charge on any atom is -0.322 e. The molecule has 0 aliphatic heterocycles. The van der Waals surface area contributed by atoms with E-state index in [-0.39, 0.29) is 17.2 Å². The van der Waals surface area contributed by atoms with Gasteiger partial charge in [-0.2, -0.15) is 0 Å².